The number of hydrogen-bond donors (Lipinski definition) is 0. The molecular weight excluding hydrogens is 204 g/mol. The van der Waals surface area contributed by atoms with E-state index in [2.05, 4.69) is 9.64 Å². The van der Waals surface area contributed by atoms with Crippen LogP contribution in [0.2, 0.25) is 0 Å². The van der Waals surface area contributed by atoms with Crippen molar-refractivity contribution in [1.82, 2.24) is 4.90 Å². The predicted octanol–water partition coefficient (Wildman–Crippen LogP) is -7.25. The van der Waals surface area contributed by atoms with Crippen molar-refractivity contribution in [3.63, 3.8) is 0 Å². The summed E-state index contributed by atoms with van der Waals surface area (Å²) in [5.74, 6) is -2.49. The van der Waals surface area contributed by atoms with Crippen molar-refractivity contribution in [3.8, 4) is 0 Å². The molecule has 0 spiro atoms. The third-order valence-electron chi connectivity index (χ3n) is 1.67. The summed E-state index contributed by atoms with van der Waals surface area (Å²) >= 11 is 0. The molecule has 0 atom stereocenters. The molecule has 6 heteroatoms. The van der Waals surface area contributed by atoms with Gasteiger partial charge in [-0.05, 0) is 13.1 Å². The van der Waals surface area contributed by atoms with Gasteiger partial charge in [-0.1, -0.05) is 26.7 Å². The van der Waals surface area contributed by atoms with Gasteiger partial charge < -0.3 is 19.8 Å². The summed E-state index contributed by atoms with van der Waals surface area (Å²) in [6, 6.07) is 0. The fraction of sp³-hybridized carbons (Fsp3) is 1.00. The molecule has 14 heavy (non-hydrogen) atoms. The van der Waals surface area contributed by atoms with Crippen LogP contribution in [0.1, 0.15) is 20.8 Å². The van der Waals surface area contributed by atoms with Crippen molar-refractivity contribution in [3.05, 3.63) is 0 Å². The second-order valence-corrected chi connectivity index (χ2v) is 2.74. The van der Waals surface area contributed by atoms with Gasteiger partial charge in [-0.3, -0.25) is 0 Å². The number of nitrogens with zero attached hydrogens (tertiary/aromatic N) is 1. The van der Waals surface area contributed by atoms with Crippen LogP contribution in [0.5, 0.6) is 0 Å². The third kappa shape index (κ3) is 13.8. The van der Waals surface area contributed by atoms with Gasteiger partial charge in [-0.2, -0.15) is 0 Å². The van der Waals surface area contributed by atoms with E-state index in [0.29, 0.717) is 6.54 Å². The Hall–Kier alpha value is 1.84. The van der Waals surface area contributed by atoms with Crippen LogP contribution in [0, 0.1) is 0 Å². The molecule has 0 aromatic rings. The molecule has 74 valence electrons. The van der Waals surface area contributed by atoms with E-state index in [0.717, 1.165) is 20.0 Å². The van der Waals surface area contributed by atoms with E-state index in [4.69, 9.17) is 0 Å². The van der Waals surface area contributed by atoms with Gasteiger partial charge in [0.25, 0.3) is 0 Å². The van der Waals surface area contributed by atoms with Crippen LogP contribution in [0.3, 0.4) is 0 Å². The Morgan fingerprint density at radius 2 is 1.57 bits per heavy atom. The minimum atomic E-state index is -2.49. The molecule has 0 amide bonds. The Kier molecular flexibility index (Phi) is 17.1. The quantitative estimate of drug-likeness (QED) is 0.330. The Labute approximate surface area is 131 Å². The molecule has 0 aromatic carbocycles. The summed E-state index contributed by atoms with van der Waals surface area (Å²) in [5.41, 5.74) is 0. The van der Waals surface area contributed by atoms with Gasteiger partial charge in [-0.25, -0.2) is 0 Å². The molecule has 0 aliphatic rings. The van der Waals surface area contributed by atoms with Crippen molar-refractivity contribution >= 4 is 0 Å². The molecule has 0 aliphatic carbocycles. The molecule has 0 saturated carbocycles. The molecule has 0 radical (unpaired) electrons. The number of likely N-dealkylation sites (N-methyl/N-ethyl adjacent to an activating group) is 1. The minimum Gasteiger partial charge on any atom is -0.842 e. The van der Waals surface area contributed by atoms with Crippen LogP contribution in [0.4, 0.5) is 0 Å². The normalized spacial score (nSPS) is 10.7. The molecule has 0 heterocycles. The monoisotopic (exact) mass is 221 g/mol. The van der Waals surface area contributed by atoms with Gasteiger partial charge in [0.1, 0.15) is 0 Å². The maximum atomic E-state index is 10.5. The first-order chi connectivity index (χ1) is 5.49. The number of rotatable bonds is 6. The summed E-state index contributed by atoms with van der Waals surface area (Å²) in [6.07, 6.45) is 0. The van der Waals surface area contributed by atoms with Crippen molar-refractivity contribution in [1.29, 1.82) is 0 Å². The molecule has 0 N–H and O–H groups in total. The topological polar surface area (TPSA) is 58.6 Å². The van der Waals surface area contributed by atoms with Gasteiger partial charge in [0, 0.05) is 6.54 Å². The van der Waals surface area contributed by atoms with E-state index < -0.39 is 5.97 Å². The minimum absolute atomic E-state index is 0. The average Bonchev–Trinajstić information content (AvgIpc) is 1.96. The van der Waals surface area contributed by atoms with E-state index in [1.807, 2.05) is 13.8 Å². The van der Waals surface area contributed by atoms with Crippen LogP contribution in [-0.2, 0) is 4.74 Å². The van der Waals surface area contributed by atoms with Gasteiger partial charge >= 0.3 is 59.1 Å². The fourth-order valence-electron chi connectivity index (χ4n) is 0.900. The first-order valence-electron chi connectivity index (χ1n) is 4.26. The Bertz CT molecular complexity index is 116. The van der Waals surface area contributed by atoms with Crippen LogP contribution in [0.25, 0.3) is 0 Å². The van der Waals surface area contributed by atoms with Crippen LogP contribution < -0.4 is 69.3 Å². The molecule has 0 saturated heterocycles. The first kappa shape index (κ1) is 21.2. The van der Waals surface area contributed by atoms with E-state index in [1.54, 1.807) is 0 Å². The van der Waals surface area contributed by atoms with Crippen LogP contribution >= 0.6 is 0 Å². The first-order valence-corrected chi connectivity index (χ1v) is 4.26. The molecule has 4 nitrogen and oxygen atoms in total. The van der Waals surface area contributed by atoms with Crippen LogP contribution in [-0.4, -0.2) is 37.1 Å². The number of ether oxygens (including phenoxy) is 1. The van der Waals surface area contributed by atoms with Crippen molar-refractivity contribution in [2.45, 2.75) is 26.7 Å². The van der Waals surface area contributed by atoms with Crippen molar-refractivity contribution in [2.75, 3.05) is 26.2 Å². The maximum absolute atomic E-state index is 10.5. The molecule has 0 aliphatic heterocycles. The van der Waals surface area contributed by atoms with E-state index in [9.17, 15) is 10.2 Å². The zero-order valence-corrected chi connectivity index (χ0v) is 14.0. The molecule has 0 fully saturated rings. The van der Waals surface area contributed by atoms with Gasteiger partial charge in [-0.15, -0.1) is 0 Å². The summed E-state index contributed by atoms with van der Waals surface area (Å²) in [5, 5.41) is 20.9. The van der Waals surface area contributed by atoms with Gasteiger partial charge in [0.05, 0.1) is 6.61 Å². The molecule has 0 unspecified atom stereocenters. The summed E-state index contributed by atoms with van der Waals surface area (Å²) in [6.45, 7) is 7.71. The SMILES string of the molecule is CCN(CC)CCOC(C)([O-])[O-].[Na+].[Na+]. The third-order valence-corrected chi connectivity index (χ3v) is 1.67. The van der Waals surface area contributed by atoms with E-state index in [1.165, 1.54) is 0 Å². The second-order valence-electron chi connectivity index (χ2n) is 2.74. The molecule has 0 bridgehead atoms. The van der Waals surface area contributed by atoms with Crippen LogP contribution in [0.15, 0.2) is 0 Å². The summed E-state index contributed by atoms with van der Waals surface area (Å²) in [7, 11) is 0. The zero-order chi connectivity index (χ0) is 9.61. The zero-order valence-electron chi connectivity index (χ0n) is 10.0. The van der Waals surface area contributed by atoms with E-state index in [-0.39, 0.29) is 65.7 Å². The van der Waals surface area contributed by atoms with Crippen molar-refractivity contribution in [2.24, 2.45) is 0 Å². The molecule has 0 rings (SSSR count). The second kappa shape index (κ2) is 11.3. The Morgan fingerprint density at radius 1 is 1.14 bits per heavy atom. The van der Waals surface area contributed by atoms with Gasteiger partial charge in [0.15, 0.2) is 0 Å². The Balaban J connectivity index is -0.000000605. The fourth-order valence-corrected chi connectivity index (χ4v) is 0.900. The standard InChI is InChI=1S/C8H17NO3.2Na/c1-4-9(5-2)6-7-12-8(3,10)11;;/h4-7H2,1-3H3;;/q-2;2*+1. The van der Waals surface area contributed by atoms with Crippen molar-refractivity contribution < 1.29 is 74.1 Å². The smallest absolute Gasteiger partial charge is 0.842 e. The number of hydrogen-bond acceptors (Lipinski definition) is 4. The maximum Gasteiger partial charge on any atom is 1.00 e. The summed E-state index contributed by atoms with van der Waals surface area (Å²) < 4.78 is 4.51. The summed E-state index contributed by atoms with van der Waals surface area (Å²) in [4.78, 5) is 2.09. The largest absolute Gasteiger partial charge is 1.00 e. The molecule has 0 aromatic heterocycles. The van der Waals surface area contributed by atoms with E-state index >= 15 is 0 Å². The Morgan fingerprint density at radius 3 is 1.86 bits per heavy atom. The predicted molar refractivity (Wildman–Crippen MR) is 42.1 cm³/mol. The van der Waals surface area contributed by atoms with Gasteiger partial charge in [0.2, 0.25) is 0 Å². The molecular formula is C8H17NNa2O3. The average molecular weight is 221 g/mol.